The van der Waals surface area contributed by atoms with E-state index in [1.54, 1.807) is 0 Å². The molecule has 0 saturated heterocycles. The quantitative estimate of drug-likeness (QED) is 0.367. The molecule has 0 heterocycles. The Morgan fingerprint density at radius 3 is 1.88 bits per heavy atom. The molecule has 1 aliphatic rings. The number of unbranched alkanes of at least 4 members (excludes halogenated alkanes) is 4. The summed E-state index contributed by atoms with van der Waals surface area (Å²) in [5, 5.41) is 0. The van der Waals surface area contributed by atoms with Gasteiger partial charge in [-0.15, -0.1) is 0 Å². The maximum atomic E-state index is 12.4. The molecule has 0 aliphatic heterocycles. The Hall–Kier alpha value is -1.06. The molecule has 1 fully saturated rings. The summed E-state index contributed by atoms with van der Waals surface area (Å²) in [4.78, 5) is 24.5. The smallest absolute Gasteiger partial charge is 0.309 e. The summed E-state index contributed by atoms with van der Waals surface area (Å²) in [6.45, 7) is 8.01. The van der Waals surface area contributed by atoms with E-state index in [2.05, 4.69) is 6.92 Å². The van der Waals surface area contributed by atoms with Gasteiger partial charge in [0.05, 0.1) is 11.8 Å². The first kappa shape index (κ1) is 22.0. The summed E-state index contributed by atoms with van der Waals surface area (Å²) >= 11 is 0. The standard InChI is InChI=1S/C21H38O4/c1-5-7-8-9-10-13-17(4)21(23)25-19-15-12-11-14-18(19)24-20(22)16(3)6-2/h16-19H,5-15H2,1-4H3. The van der Waals surface area contributed by atoms with Gasteiger partial charge in [-0.2, -0.15) is 0 Å². The van der Waals surface area contributed by atoms with Gasteiger partial charge in [-0.05, 0) is 38.5 Å². The van der Waals surface area contributed by atoms with E-state index in [1.165, 1.54) is 25.7 Å². The molecule has 0 aromatic heterocycles. The van der Waals surface area contributed by atoms with E-state index in [-0.39, 0.29) is 36.0 Å². The second kappa shape index (κ2) is 12.3. The Morgan fingerprint density at radius 2 is 1.36 bits per heavy atom. The second-order valence-electron chi connectivity index (χ2n) is 7.65. The molecule has 4 unspecified atom stereocenters. The van der Waals surface area contributed by atoms with Gasteiger partial charge in [-0.1, -0.05) is 59.8 Å². The van der Waals surface area contributed by atoms with Crippen LogP contribution >= 0.6 is 0 Å². The Balaban J connectivity index is 2.42. The van der Waals surface area contributed by atoms with Crippen molar-refractivity contribution in [2.45, 2.75) is 111 Å². The highest BCUT2D eigenvalue weighted by molar-refractivity contribution is 5.73. The molecule has 0 bridgehead atoms. The Kier molecular flexibility index (Phi) is 10.8. The van der Waals surface area contributed by atoms with Crippen molar-refractivity contribution < 1.29 is 19.1 Å². The van der Waals surface area contributed by atoms with E-state index in [1.807, 2.05) is 20.8 Å². The third-order valence-corrected chi connectivity index (χ3v) is 5.33. The summed E-state index contributed by atoms with van der Waals surface area (Å²) in [7, 11) is 0. The SMILES string of the molecule is CCCCCCCC(C)C(=O)OC1CCCCC1OC(=O)C(C)CC. The molecule has 1 rings (SSSR count). The van der Waals surface area contributed by atoms with Crippen LogP contribution in [0.4, 0.5) is 0 Å². The van der Waals surface area contributed by atoms with Crippen LogP contribution in [-0.4, -0.2) is 24.1 Å². The van der Waals surface area contributed by atoms with Gasteiger partial charge >= 0.3 is 11.9 Å². The first-order valence-corrected chi connectivity index (χ1v) is 10.4. The fourth-order valence-electron chi connectivity index (χ4n) is 3.20. The van der Waals surface area contributed by atoms with Crippen LogP contribution in [0, 0.1) is 11.8 Å². The highest BCUT2D eigenvalue weighted by atomic mass is 16.6. The molecule has 0 amide bonds. The van der Waals surface area contributed by atoms with Gasteiger partial charge in [0.15, 0.2) is 0 Å². The normalized spacial score (nSPS) is 22.9. The molecule has 0 aromatic rings. The van der Waals surface area contributed by atoms with Crippen LogP contribution in [0.2, 0.25) is 0 Å². The molecule has 0 spiro atoms. The minimum absolute atomic E-state index is 0.0746. The number of carbonyl (C=O) groups is 2. The molecule has 0 radical (unpaired) electrons. The fourth-order valence-corrected chi connectivity index (χ4v) is 3.20. The van der Waals surface area contributed by atoms with Crippen molar-refractivity contribution >= 4 is 11.9 Å². The van der Waals surface area contributed by atoms with Crippen molar-refractivity contribution in [1.82, 2.24) is 0 Å². The fraction of sp³-hybridized carbons (Fsp3) is 0.905. The lowest BCUT2D eigenvalue weighted by molar-refractivity contribution is -0.176. The zero-order chi connectivity index (χ0) is 18.7. The van der Waals surface area contributed by atoms with Gasteiger partial charge in [0, 0.05) is 0 Å². The predicted molar refractivity (Wildman–Crippen MR) is 100 cm³/mol. The van der Waals surface area contributed by atoms with E-state index in [0.29, 0.717) is 0 Å². The first-order valence-electron chi connectivity index (χ1n) is 10.4. The maximum Gasteiger partial charge on any atom is 0.309 e. The minimum Gasteiger partial charge on any atom is -0.458 e. The largest absolute Gasteiger partial charge is 0.458 e. The number of carbonyl (C=O) groups excluding carboxylic acids is 2. The Bertz CT molecular complexity index is 393. The average Bonchev–Trinajstić information content (AvgIpc) is 2.62. The van der Waals surface area contributed by atoms with E-state index >= 15 is 0 Å². The van der Waals surface area contributed by atoms with Crippen LogP contribution in [0.1, 0.15) is 98.3 Å². The summed E-state index contributed by atoms with van der Waals surface area (Å²) in [5.41, 5.74) is 0. The highest BCUT2D eigenvalue weighted by Gasteiger charge is 2.33. The molecule has 1 saturated carbocycles. The van der Waals surface area contributed by atoms with Crippen molar-refractivity contribution in [1.29, 1.82) is 0 Å². The lowest BCUT2D eigenvalue weighted by Gasteiger charge is -2.32. The van der Waals surface area contributed by atoms with Gasteiger partial charge in [0.25, 0.3) is 0 Å². The lowest BCUT2D eigenvalue weighted by Crippen LogP contribution is -2.39. The van der Waals surface area contributed by atoms with Crippen LogP contribution in [0.3, 0.4) is 0 Å². The van der Waals surface area contributed by atoms with Gasteiger partial charge in [-0.3, -0.25) is 9.59 Å². The predicted octanol–water partition coefficient (Wildman–Crippen LogP) is 5.43. The van der Waals surface area contributed by atoms with Crippen LogP contribution in [0.15, 0.2) is 0 Å². The van der Waals surface area contributed by atoms with Crippen molar-refractivity contribution in [3.8, 4) is 0 Å². The first-order chi connectivity index (χ1) is 12.0. The summed E-state index contributed by atoms with van der Waals surface area (Å²) < 4.78 is 11.4. The summed E-state index contributed by atoms with van der Waals surface area (Å²) in [5.74, 6) is -0.471. The van der Waals surface area contributed by atoms with Crippen molar-refractivity contribution in [2.24, 2.45) is 11.8 Å². The topological polar surface area (TPSA) is 52.6 Å². The molecule has 146 valence electrons. The number of esters is 2. The third kappa shape index (κ3) is 8.24. The lowest BCUT2D eigenvalue weighted by atomic mass is 9.94. The van der Waals surface area contributed by atoms with Crippen LogP contribution < -0.4 is 0 Å². The van der Waals surface area contributed by atoms with Crippen molar-refractivity contribution in [2.75, 3.05) is 0 Å². The van der Waals surface area contributed by atoms with Gasteiger partial charge in [-0.25, -0.2) is 0 Å². The molecular weight excluding hydrogens is 316 g/mol. The summed E-state index contributed by atoms with van der Waals surface area (Å²) in [6.07, 6.45) is 10.8. The second-order valence-corrected chi connectivity index (χ2v) is 7.65. The number of hydrogen-bond donors (Lipinski definition) is 0. The zero-order valence-corrected chi connectivity index (χ0v) is 16.7. The zero-order valence-electron chi connectivity index (χ0n) is 16.7. The van der Waals surface area contributed by atoms with Crippen LogP contribution in [0.5, 0.6) is 0 Å². The average molecular weight is 355 g/mol. The molecular formula is C21H38O4. The summed E-state index contributed by atoms with van der Waals surface area (Å²) in [6, 6.07) is 0. The molecule has 4 heteroatoms. The van der Waals surface area contributed by atoms with E-state index in [4.69, 9.17) is 9.47 Å². The van der Waals surface area contributed by atoms with Crippen molar-refractivity contribution in [3.05, 3.63) is 0 Å². The van der Waals surface area contributed by atoms with Gasteiger partial charge in [0.2, 0.25) is 0 Å². The molecule has 0 aromatic carbocycles. The molecule has 1 aliphatic carbocycles. The van der Waals surface area contributed by atoms with E-state index in [0.717, 1.165) is 44.9 Å². The maximum absolute atomic E-state index is 12.4. The third-order valence-electron chi connectivity index (χ3n) is 5.33. The molecule has 4 nitrogen and oxygen atoms in total. The molecule has 0 N–H and O–H groups in total. The number of hydrogen-bond acceptors (Lipinski definition) is 4. The molecule has 25 heavy (non-hydrogen) atoms. The van der Waals surface area contributed by atoms with E-state index < -0.39 is 0 Å². The van der Waals surface area contributed by atoms with Crippen molar-refractivity contribution in [3.63, 3.8) is 0 Å². The van der Waals surface area contributed by atoms with Gasteiger partial charge in [0.1, 0.15) is 12.2 Å². The van der Waals surface area contributed by atoms with Gasteiger partial charge < -0.3 is 9.47 Å². The Labute approximate surface area is 154 Å². The van der Waals surface area contributed by atoms with Crippen LogP contribution in [0.25, 0.3) is 0 Å². The van der Waals surface area contributed by atoms with E-state index in [9.17, 15) is 9.59 Å². The number of rotatable bonds is 11. The van der Waals surface area contributed by atoms with Crippen LogP contribution in [-0.2, 0) is 19.1 Å². The monoisotopic (exact) mass is 354 g/mol. The molecule has 4 atom stereocenters. The minimum atomic E-state index is -0.268. The number of ether oxygens (including phenoxy) is 2. The highest BCUT2D eigenvalue weighted by Crippen LogP contribution is 2.26. The Morgan fingerprint density at radius 1 is 0.840 bits per heavy atom.